The molecule has 1 unspecified atom stereocenters. The SMILES string of the molecule is CCC(C)Cc1nnc(SCC(=O)O)n1C(C)C. The maximum atomic E-state index is 10.6. The average Bonchev–Trinajstić information content (AvgIpc) is 2.69. The van der Waals surface area contributed by atoms with Crippen LogP contribution in [0.3, 0.4) is 0 Å². The second kappa shape index (κ2) is 6.78. The topological polar surface area (TPSA) is 68.0 Å². The van der Waals surface area contributed by atoms with Crippen molar-refractivity contribution in [1.29, 1.82) is 0 Å². The summed E-state index contributed by atoms with van der Waals surface area (Å²) in [6.07, 6.45) is 1.98. The zero-order valence-electron chi connectivity index (χ0n) is 11.4. The average molecular weight is 271 g/mol. The number of carboxylic acid groups (broad SMARTS) is 1. The van der Waals surface area contributed by atoms with Gasteiger partial charge < -0.3 is 9.67 Å². The van der Waals surface area contributed by atoms with E-state index in [9.17, 15) is 4.79 Å². The molecular formula is C12H21N3O2S. The molecule has 0 radical (unpaired) electrons. The van der Waals surface area contributed by atoms with Crippen LogP contribution in [-0.4, -0.2) is 31.6 Å². The van der Waals surface area contributed by atoms with Crippen molar-refractivity contribution in [2.24, 2.45) is 5.92 Å². The van der Waals surface area contributed by atoms with Gasteiger partial charge in [0, 0.05) is 12.5 Å². The molecule has 5 nitrogen and oxygen atoms in total. The van der Waals surface area contributed by atoms with Crippen molar-refractivity contribution < 1.29 is 9.90 Å². The smallest absolute Gasteiger partial charge is 0.313 e. The molecule has 0 bridgehead atoms. The Morgan fingerprint density at radius 3 is 2.56 bits per heavy atom. The highest BCUT2D eigenvalue weighted by atomic mass is 32.2. The molecule has 6 heteroatoms. The van der Waals surface area contributed by atoms with Gasteiger partial charge >= 0.3 is 5.97 Å². The summed E-state index contributed by atoms with van der Waals surface area (Å²) in [5, 5.41) is 17.7. The summed E-state index contributed by atoms with van der Waals surface area (Å²) in [4.78, 5) is 10.6. The molecule has 1 aromatic rings. The Kier molecular flexibility index (Phi) is 5.65. The second-order valence-corrected chi connectivity index (χ2v) is 5.71. The van der Waals surface area contributed by atoms with Gasteiger partial charge in [0.15, 0.2) is 5.16 Å². The Bertz CT molecular complexity index is 404. The Morgan fingerprint density at radius 1 is 1.39 bits per heavy atom. The fraction of sp³-hybridized carbons (Fsp3) is 0.750. The van der Waals surface area contributed by atoms with Crippen LogP contribution in [0.2, 0.25) is 0 Å². The molecule has 0 aliphatic heterocycles. The molecule has 1 rings (SSSR count). The van der Waals surface area contributed by atoms with E-state index in [0.29, 0.717) is 11.1 Å². The van der Waals surface area contributed by atoms with Crippen LogP contribution in [-0.2, 0) is 11.2 Å². The molecule has 102 valence electrons. The summed E-state index contributed by atoms with van der Waals surface area (Å²) in [7, 11) is 0. The predicted octanol–water partition coefficient (Wildman–Crippen LogP) is 2.62. The number of carboxylic acids is 1. The van der Waals surface area contributed by atoms with Gasteiger partial charge in [0.05, 0.1) is 5.75 Å². The van der Waals surface area contributed by atoms with E-state index >= 15 is 0 Å². The lowest BCUT2D eigenvalue weighted by atomic mass is 10.0. The van der Waals surface area contributed by atoms with Gasteiger partial charge in [-0.1, -0.05) is 32.0 Å². The van der Waals surface area contributed by atoms with Gasteiger partial charge in [0.25, 0.3) is 0 Å². The molecule has 0 saturated carbocycles. The Labute approximate surface area is 112 Å². The monoisotopic (exact) mass is 271 g/mol. The number of nitrogens with zero attached hydrogens (tertiary/aromatic N) is 3. The molecule has 0 aromatic carbocycles. The molecule has 1 heterocycles. The Hall–Kier alpha value is -1.04. The summed E-state index contributed by atoms with van der Waals surface area (Å²) in [5.41, 5.74) is 0. The standard InChI is InChI=1S/C12H21N3O2S/c1-5-9(4)6-10-13-14-12(15(10)8(2)3)18-7-11(16)17/h8-9H,5-7H2,1-4H3,(H,16,17). The first kappa shape index (κ1) is 15.0. The third kappa shape index (κ3) is 4.01. The highest BCUT2D eigenvalue weighted by Gasteiger charge is 2.17. The van der Waals surface area contributed by atoms with E-state index in [1.165, 1.54) is 11.8 Å². The minimum Gasteiger partial charge on any atom is -0.481 e. The number of aromatic nitrogens is 3. The molecule has 0 aliphatic rings. The van der Waals surface area contributed by atoms with Crippen LogP contribution in [0.25, 0.3) is 0 Å². The summed E-state index contributed by atoms with van der Waals surface area (Å²) >= 11 is 1.23. The minimum absolute atomic E-state index is 0.0220. The third-order valence-electron chi connectivity index (χ3n) is 2.80. The van der Waals surface area contributed by atoms with E-state index in [-0.39, 0.29) is 11.8 Å². The lowest BCUT2D eigenvalue weighted by Gasteiger charge is -2.15. The van der Waals surface area contributed by atoms with E-state index < -0.39 is 5.97 Å². The van der Waals surface area contributed by atoms with Crippen LogP contribution in [0.4, 0.5) is 0 Å². The van der Waals surface area contributed by atoms with E-state index in [4.69, 9.17) is 5.11 Å². The van der Waals surface area contributed by atoms with Crippen LogP contribution < -0.4 is 0 Å². The summed E-state index contributed by atoms with van der Waals surface area (Å²) < 4.78 is 2.04. The molecule has 18 heavy (non-hydrogen) atoms. The number of thioether (sulfide) groups is 1. The van der Waals surface area contributed by atoms with E-state index in [2.05, 4.69) is 37.9 Å². The molecule has 0 spiro atoms. The predicted molar refractivity (Wildman–Crippen MR) is 71.9 cm³/mol. The van der Waals surface area contributed by atoms with Crippen LogP contribution in [0.5, 0.6) is 0 Å². The molecule has 0 amide bonds. The quantitative estimate of drug-likeness (QED) is 0.772. The van der Waals surface area contributed by atoms with Gasteiger partial charge in [-0.3, -0.25) is 4.79 Å². The van der Waals surface area contributed by atoms with E-state index in [1.54, 1.807) is 0 Å². The number of aliphatic carboxylic acids is 1. The zero-order chi connectivity index (χ0) is 13.7. The van der Waals surface area contributed by atoms with Gasteiger partial charge in [-0.2, -0.15) is 0 Å². The second-order valence-electron chi connectivity index (χ2n) is 4.76. The molecule has 0 saturated heterocycles. The number of hydrogen-bond donors (Lipinski definition) is 1. The van der Waals surface area contributed by atoms with Gasteiger partial charge in [-0.25, -0.2) is 0 Å². The Morgan fingerprint density at radius 2 is 2.06 bits per heavy atom. The van der Waals surface area contributed by atoms with Crippen LogP contribution in [0, 0.1) is 5.92 Å². The summed E-state index contributed by atoms with van der Waals surface area (Å²) in [6.45, 7) is 8.47. The van der Waals surface area contributed by atoms with E-state index in [0.717, 1.165) is 18.7 Å². The third-order valence-corrected chi connectivity index (χ3v) is 3.73. The van der Waals surface area contributed by atoms with Crippen molar-refractivity contribution in [2.45, 2.75) is 51.7 Å². The molecule has 1 aromatic heterocycles. The molecule has 1 atom stereocenters. The largest absolute Gasteiger partial charge is 0.481 e. The fourth-order valence-corrected chi connectivity index (χ4v) is 2.45. The lowest BCUT2D eigenvalue weighted by molar-refractivity contribution is -0.133. The minimum atomic E-state index is -0.832. The normalized spacial score (nSPS) is 12.9. The van der Waals surface area contributed by atoms with Crippen molar-refractivity contribution in [3.8, 4) is 0 Å². The Balaban J connectivity index is 2.88. The van der Waals surface area contributed by atoms with Gasteiger partial charge in [-0.05, 0) is 19.8 Å². The highest BCUT2D eigenvalue weighted by molar-refractivity contribution is 7.99. The van der Waals surface area contributed by atoms with E-state index in [1.807, 2.05) is 4.57 Å². The van der Waals surface area contributed by atoms with Gasteiger partial charge in [0.1, 0.15) is 5.82 Å². The molecular weight excluding hydrogens is 250 g/mol. The first-order chi connectivity index (χ1) is 8.45. The molecule has 1 N–H and O–H groups in total. The number of carbonyl (C=O) groups is 1. The number of hydrogen-bond acceptors (Lipinski definition) is 4. The maximum absolute atomic E-state index is 10.6. The molecule has 0 fully saturated rings. The maximum Gasteiger partial charge on any atom is 0.313 e. The zero-order valence-corrected chi connectivity index (χ0v) is 12.2. The number of rotatable bonds is 7. The van der Waals surface area contributed by atoms with Crippen LogP contribution in [0.1, 0.15) is 46.0 Å². The van der Waals surface area contributed by atoms with Crippen molar-refractivity contribution in [2.75, 3.05) is 5.75 Å². The van der Waals surface area contributed by atoms with Gasteiger partial charge in [-0.15, -0.1) is 10.2 Å². The lowest BCUT2D eigenvalue weighted by Crippen LogP contribution is -2.11. The van der Waals surface area contributed by atoms with Crippen LogP contribution >= 0.6 is 11.8 Å². The highest BCUT2D eigenvalue weighted by Crippen LogP contribution is 2.23. The van der Waals surface area contributed by atoms with Crippen molar-refractivity contribution in [3.05, 3.63) is 5.82 Å². The molecule has 0 aliphatic carbocycles. The first-order valence-corrected chi connectivity index (χ1v) is 7.22. The fourth-order valence-electron chi connectivity index (χ4n) is 1.65. The van der Waals surface area contributed by atoms with Crippen molar-refractivity contribution in [3.63, 3.8) is 0 Å². The van der Waals surface area contributed by atoms with Crippen molar-refractivity contribution >= 4 is 17.7 Å². The first-order valence-electron chi connectivity index (χ1n) is 6.24. The van der Waals surface area contributed by atoms with Gasteiger partial charge in [0.2, 0.25) is 0 Å². The summed E-state index contributed by atoms with van der Waals surface area (Å²) in [6, 6.07) is 0.246. The summed E-state index contributed by atoms with van der Waals surface area (Å²) in [5.74, 6) is 0.701. The van der Waals surface area contributed by atoms with Crippen LogP contribution in [0.15, 0.2) is 5.16 Å². The van der Waals surface area contributed by atoms with Crippen molar-refractivity contribution in [1.82, 2.24) is 14.8 Å².